The lowest BCUT2D eigenvalue weighted by molar-refractivity contribution is 1.46. The highest BCUT2D eigenvalue weighted by Gasteiger charge is 2.14. The van der Waals surface area contributed by atoms with Crippen LogP contribution in [0.5, 0.6) is 0 Å². The van der Waals surface area contributed by atoms with Gasteiger partial charge < -0.3 is 5.32 Å². The van der Waals surface area contributed by atoms with Gasteiger partial charge in [0.1, 0.15) is 0 Å². The molecule has 0 spiro atoms. The zero-order valence-corrected chi connectivity index (χ0v) is 8.62. The molecule has 3 rings (SSSR count). The van der Waals surface area contributed by atoms with E-state index in [-0.39, 0.29) is 0 Å². The summed E-state index contributed by atoms with van der Waals surface area (Å²) in [5, 5.41) is 3.45. The van der Waals surface area contributed by atoms with Crippen LogP contribution in [0.2, 0.25) is 0 Å². The van der Waals surface area contributed by atoms with E-state index in [4.69, 9.17) is 0 Å². The molecule has 0 aromatic heterocycles. The van der Waals surface area contributed by atoms with Gasteiger partial charge in [0.05, 0.1) is 0 Å². The summed E-state index contributed by atoms with van der Waals surface area (Å²) < 4.78 is 0. The summed E-state index contributed by atoms with van der Waals surface area (Å²) in [5.41, 5.74) is 6.20. The van der Waals surface area contributed by atoms with Crippen molar-refractivity contribution in [3.8, 4) is 0 Å². The maximum Gasteiger partial charge on any atom is 0.196 e. The molecule has 0 saturated heterocycles. The van der Waals surface area contributed by atoms with Crippen molar-refractivity contribution in [2.75, 3.05) is 5.32 Å². The Labute approximate surface area is 90.4 Å². The van der Waals surface area contributed by atoms with Crippen molar-refractivity contribution in [1.82, 2.24) is 0 Å². The van der Waals surface area contributed by atoms with Crippen LogP contribution in [0.3, 0.4) is 0 Å². The molecule has 1 radical (unpaired) electrons. The standard InChI is InChI=1S/C13H11BN/c1-9-6-7-11-13(8-9)15-12-5-3-2-4-10(12)14-11/h2-8,15H,1H3. The highest BCUT2D eigenvalue weighted by molar-refractivity contribution is 6.71. The molecular weight excluding hydrogens is 181 g/mol. The smallest absolute Gasteiger partial charge is 0.196 e. The van der Waals surface area contributed by atoms with Crippen molar-refractivity contribution >= 4 is 29.6 Å². The molecule has 0 amide bonds. The molecule has 2 aromatic carbocycles. The van der Waals surface area contributed by atoms with Crippen LogP contribution in [0, 0.1) is 6.92 Å². The number of rotatable bonds is 0. The summed E-state index contributed by atoms with van der Waals surface area (Å²) in [6.07, 6.45) is 0. The number of fused-ring (bicyclic) bond motifs is 2. The minimum Gasteiger partial charge on any atom is -0.356 e. The first-order valence-electron chi connectivity index (χ1n) is 5.14. The Morgan fingerprint density at radius 3 is 2.67 bits per heavy atom. The first kappa shape index (κ1) is 8.60. The Morgan fingerprint density at radius 1 is 0.933 bits per heavy atom. The second-order valence-corrected chi connectivity index (χ2v) is 3.95. The van der Waals surface area contributed by atoms with Crippen LogP contribution in [-0.2, 0) is 0 Å². The molecule has 1 aliphatic rings. The minimum absolute atomic E-state index is 1.19. The number of para-hydroxylation sites is 1. The van der Waals surface area contributed by atoms with Gasteiger partial charge in [0, 0.05) is 11.4 Å². The van der Waals surface area contributed by atoms with Crippen LogP contribution < -0.4 is 16.2 Å². The third-order valence-corrected chi connectivity index (χ3v) is 2.75. The van der Waals surface area contributed by atoms with E-state index in [0.29, 0.717) is 0 Å². The Balaban J connectivity index is 2.11. The number of hydrogen-bond acceptors (Lipinski definition) is 1. The second-order valence-electron chi connectivity index (χ2n) is 3.95. The molecule has 1 nitrogen and oxygen atoms in total. The Hall–Kier alpha value is -1.70. The molecule has 0 saturated carbocycles. The molecule has 15 heavy (non-hydrogen) atoms. The van der Waals surface area contributed by atoms with E-state index >= 15 is 0 Å². The van der Waals surface area contributed by atoms with E-state index in [1.807, 2.05) is 0 Å². The van der Waals surface area contributed by atoms with Gasteiger partial charge in [0.2, 0.25) is 0 Å². The van der Waals surface area contributed by atoms with Crippen molar-refractivity contribution < 1.29 is 0 Å². The summed E-state index contributed by atoms with van der Waals surface area (Å²) in [6, 6.07) is 14.8. The zero-order chi connectivity index (χ0) is 10.3. The average molecular weight is 192 g/mol. The average Bonchev–Trinajstić information content (AvgIpc) is 2.26. The first-order valence-corrected chi connectivity index (χ1v) is 5.14. The van der Waals surface area contributed by atoms with Crippen molar-refractivity contribution in [2.45, 2.75) is 6.92 Å². The van der Waals surface area contributed by atoms with E-state index in [0.717, 1.165) is 0 Å². The summed E-state index contributed by atoms with van der Waals surface area (Å²) in [5.74, 6) is 0. The molecule has 0 bridgehead atoms. The van der Waals surface area contributed by atoms with Crippen molar-refractivity contribution in [3.63, 3.8) is 0 Å². The Morgan fingerprint density at radius 2 is 1.73 bits per heavy atom. The fraction of sp³-hybridized carbons (Fsp3) is 0.0769. The predicted molar refractivity (Wildman–Crippen MR) is 65.9 cm³/mol. The third kappa shape index (κ3) is 1.42. The Kier molecular flexibility index (Phi) is 1.81. The van der Waals surface area contributed by atoms with Crippen molar-refractivity contribution in [1.29, 1.82) is 0 Å². The number of anilines is 2. The number of nitrogens with one attached hydrogen (secondary N) is 1. The van der Waals surface area contributed by atoms with E-state index < -0.39 is 0 Å². The number of aryl methyl sites for hydroxylation is 1. The van der Waals surface area contributed by atoms with Crippen LogP contribution >= 0.6 is 0 Å². The van der Waals surface area contributed by atoms with Crippen molar-refractivity contribution in [2.24, 2.45) is 0 Å². The lowest BCUT2D eigenvalue weighted by atomic mass is 9.61. The molecule has 1 N–H and O–H groups in total. The van der Waals surface area contributed by atoms with E-state index in [9.17, 15) is 0 Å². The molecule has 0 unspecified atom stereocenters. The third-order valence-electron chi connectivity index (χ3n) is 2.75. The molecule has 2 heteroatoms. The summed E-state index contributed by atoms with van der Waals surface area (Å²) in [4.78, 5) is 0. The topological polar surface area (TPSA) is 12.0 Å². The van der Waals surface area contributed by atoms with Gasteiger partial charge in [-0.05, 0) is 24.6 Å². The van der Waals surface area contributed by atoms with Gasteiger partial charge in [-0.15, -0.1) is 0 Å². The lowest BCUT2D eigenvalue weighted by Gasteiger charge is -2.21. The fourth-order valence-electron chi connectivity index (χ4n) is 1.95. The largest absolute Gasteiger partial charge is 0.356 e. The van der Waals surface area contributed by atoms with E-state index in [1.54, 1.807) is 0 Å². The monoisotopic (exact) mass is 192 g/mol. The highest BCUT2D eigenvalue weighted by atomic mass is 14.9. The molecule has 71 valence electrons. The molecule has 0 atom stereocenters. The second kappa shape index (κ2) is 3.16. The van der Waals surface area contributed by atoms with Gasteiger partial charge in [-0.3, -0.25) is 0 Å². The quantitative estimate of drug-likeness (QED) is 0.534. The maximum absolute atomic E-state index is 3.45. The normalized spacial score (nSPS) is 12.1. The SMILES string of the molecule is Cc1ccc2c(c1)Nc1ccccc1[B]2. The van der Waals surface area contributed by atoms with E-state index in [2.05, 4.69) is 62.0 Å². The van der Waals surface area contributed by atoms with Gasteiger partial charge in [0.15, 0.2) is 7.28 Å². The van der Waals surface area contributed by atoms with Gasteiger partial charge in [-0.25, -0.2) is 0 Å². The van der Waals surface area contributed by atoms with Gasteiger partial charge in [-0.2, -0.15) is 0 Å². The Bertz CT molecular complexity index is 520. The number of hydrogen-bond donors (Lipinski definition) is 1. The molecule has 0 fully saturated rings. The minimum atomic E-state index is 1.19. The van der Waals surface area contributed by atoms with Crippen LogP contribution in [0.4, 0.5) is 11.4 Å². The van der Waals surface area contributed by atoms with Crippen LogP contribution in [0.1, 0.15) is 5.56 Å². The molecule has 1 aliphatic heterocycles. The molecular formula is C13H11BN. The summed E-state index contributed by atoms with van der Waals surface area (Å²) in [6.45, 7) is 2.11. The van der Waals surface area contributed by atoms with Crippen LogP contribution in [-0.4, -0.2) is 7.28 Å². The number of benzene rings is 2. The first-order chi connectivity index (χ1) is 7.33. The summed E-state index contributed by atoms with van der Waals surface area (Å²) >= 11 is 0. The van der Waals surface area contributed by atoms with Gasteiger partial charge in [0.25, 0.3) is 0 Å². The fourth-order valence-corrected chi connectivity index (χ4v) is 1.95. The van der Waals surface area contributed by atoms with Gasteiger partial charge in [-0.1, -0.05) is 41.3 Å². The molecule has 2 aromatic rings. The zero-order valence-electron chi connectivity index (χ0n) is 8.62. The van der Waals surface area contributed by atoms with E-state index in [1.165, 1.54) is 27.9 Å². The van der Waals surface area contributed by atoms with Gasteiger partial charge >= 0.3 is 0 Å². The van der Waals surface area contributed by atoms with Crippen LogP contribution in [0.15, 0.2) is 42.5 Å². The summed E-state index contributed by atoms with van der Waals surface area (Å²) in [7, 11) is 2.22. The highest BCUT2D eigenvalue weighted by Crippen LogP contribution is 2.17. The lowest BCUT2D eigenvalue weighted by Crippen LogP contribution is -2.35. The molecule has 0 aliphatic carbocycles. The maximum atomic E-state index is 3.45. The van der Waals surface area contributed by atoms with Crippen LogP contribution in [0.25, 0.3) is 0 Å². The van der Waals surface area contributed by atoms with Crippen molar-refractivity contribution in [3.05, 3.63) is 48.0 Å². The predicted octanol–water partition coefficient (Wildman–Crippen LogP) is 1.71. The molecule has 1 heterocycles.